The zero-order valence-electron chi connectivity index (χ0n) is 11.9. The molecule has 0 unspecified atom stereocenters. The van der Waals surface area contributed by atoms with Crippen LogP contribution in [0.2, 0.25) is 0 Å². The van der Waals surface area contributed by atoms with Crippen molar-refractivity contribution in [1.29, 1.82) is 0 Å². The molecule has 6 nitrogen and oxygen atoms in total. The lowest BCUT2D eigenvalue weighted by Gasteiger charge is -2.16. The van der Waals surface area contributed by atoms with E-state index in [1.165, 1.54) is 23.1 Å². The molecule has 1 aliphatic heterocycles. The number of carbonyl (C=O) groups excluding carboxylic acids is 1. The average molecular weight is 346 g/mol. The zero-order chi connectivity index (χ0) is 16.6. The van der Waals surface area contributed by atoms with Gasteiger partial charge in [0.05, 0.1) is 16.7 Å². The number of carbonyl (C=O) groups is 1. The highest BCUT2D eigenvalue weighted by molar-refractivity contribution is 8.27. The molecule has 0 aliphatic carbocycles. The SMILES string of the molecule is Cc1ccccc1N1C(=O)/C(=C/c2ccc([N+](=O)[O-])o2)SC1=S. The van der Waals surface area contributed by atoms with Gasteiger partial charge >= 0.3 is 5.88 Å². The molecule has 0 saturated carbocycles. The van der Waals surface area contributed by atoms with Crippen LogP contribution in [0.4, 0.5) is 11.6 Å². The number of aryl methyl sites for hydroxylation is 1. The second kappa shape index (κ2) is 5.98. The van der Waals surface area contributed by atoms with Crippen LogP contribution in [0.3, 0.4) is 0 Å². The molecule has 1 fully saturated rings. The van der Waals surface area contributed by atoms with Gasteiger partial charge in [-0.3, -0.25) is 19.8 Å². The summed E-state index contributed by atoms with van der Waals surface area (Å²) in [4.78, 5) is 24.4. The van der Waals surface area contributed by atoms with Crippen molar-refractivity contribution in [2.45, 2.75) is 6.92 Å². The molecule has 2 aromatic rings. The van der Waals surface area contributed by atoms with E-state index in [0.29, 0.717) is 9.23 Å². The molecule has 8 heteroatoms. The Morgan fingerprint density at radius 2 is 2.04 bits per heavy atom. The van der Waals surface area contributed by atoms with E-state index in [0.717, 1.165) is 23.0 Å². The van der Waals surface area contributed by atoms with Crippen LogP contribution in [0.25, 0.3) is 6.08 Å². The van der Waals surface area contributed by atoms with Crippen molar-refractivity contribution in [3.05, 3.63) is 62.7 Å². The number of hydrogen-bond acceptors (Lipinski definition) is 6. The number of nitrogens with zero attached hydrogens (tertiary/aromatic N) is 2. The Balaban J connectivity index is 1.93. The lowest BCUT2D eigenvalue weighted by molar-refractivity contribution is -0.402. The highest BCUT2D eigenvalue weighted by Gasteiger charge is 2.34. The van der Waals surface area contributed by atoms with Gasteiger partial charge in [-0.1, -0.05) is 42.2 Å². The number of hydrogen-bond donors (Lipinski definition) is 0. The lowest BCUT2D eigenvalue weighted by atomic mass is 10.2. The molecule has 3 rings (SSSR count). The highest BCUT2D eigenvalue weighted by Crippen LogP contribution is 2.37. The van der Waals surface area contributed by atoms with Crippen LogP contribution in [0.5, 0.6) is 0 Å². The highest BCUT2D eigenvalue weighted by atomic mass is 32.2. The van der Waals surface area contributed by atoms with Gasteiger partial charge in [-0.2, -0.15) is 0 Å². The second-order valence-electron chi connectivity index (χ2n) is 4.74. The summed E-state index contributed by atoms with van der Waals surface area (Å²) in [6.07, 6.45) is 1.46. The van der Waals surface area contributed by atoms with E-state index in [4.69, 9.17) is 16.6 Å². The number of anilines is 1. The maximum atomic E-state index is 12.6. The molecule has 1 saturated heterocycles. The summed E-state index contributed by atoms with van der Waals surface area (Å²) in [7, 11) is 0. The smallest absolute Gasteiger partial charge is 0.401 e. The van der Waals surface area contributed by atoms with Crippen LogP contribution >= 0.6 is 24.0 Å². The first-order valence-corrected chi connectivity index (χ1v) is 7.77. The quantitative estimate of drug-likeness (QED) is 0.363. The monoisotopic (exact) mass is 346 g/mol. The third-order valence-corrected chi connectivity index (χ3v) is 4.52. The number of nitro groups is 1. The van der Waals surface area contributed by atoms with Gasteiger partial charge in [0, 0.05) is 6.08 Å². The van der Waals surface area contributed by atoms with Gasteiger partial charge in [-0.25, -0.2) is 0 Å². The first-order chi connectivity index (χ1) is 11.0. The third kappa shape index (κ3) is 2.90. The Labute approximate surface area is 140 Å². The molecule has 0 bridgehead atoms. The van der Waals surface area contributed by atoms with E-state index in [1.54, 1.807) is 0 Å². The van der Waals surface area contributed by atoms with E-state index in [1.807, 2.05) is 31.2 Å². The Bertz CT molecular complexity index is 857. The largest absolute Gasteiger partial charge is 0.433 e. The molecule has 2 heterocycles. The van der Waals surface area contributed by atoms with Crippen molar-refractivity contribution in [1.82, 2.24) is 0 Å². The molecule has 1 amide bonds. The Morgan fingerprint density at radius 1 is 1.30 bits per heavy atom. The number of rotatable bonds is 3. The van der Waals surface area contributed by atoms with Gasteiger partial charge in [-0.05, 0) is 24.6 Å². The van der Waals surface area contributed by atoms with Gasteiger partial charge in [0.15, 0.2) is 4.32 Å². The number of furan rings is 1. The summed E-state index contributed by atoms with van der Waals surface area (Å²) in [5.74, 6) is -0.402. The number of thioether (sulfide) groups is 1. The Hall–Kier alpha value is -2.45. The summed E-state index contributed by atoms with van der Waals surface area (Å²) in [6.45, 7) is 1.90. The van der Waals surface area contributed by atoms with Crippen LogP contribution in [-0.4, -0.2) is 15.2 Å². The predicted molar refractivity (Wildman–Crippen MR) is 92.2 cm³/mol. The fourth-order valence-electron chi connectivity index (χ4n) is 2.14. The number of thiocarbonyl (C=S) groups is 1. The van der Waals surface area contributed by atoms with E-state index >= 15 is 0 Å². The van der Waals surface area contributed by atoms with Crippen molar-refractivity contribution in [2.75, 3.05) is 4.90 Å². The van der Waals surface area contributed by atoms with Crippen molar-refractivity contribution >= 4 is 51.9 Å². The van der Waals surface area contributed by atoms with Gasteiger partial charge in [-0.15, -0.1) is 0 Å². The van der Waals surface area contributed by atoms with Crippen LogP contribution < -0.4 is 4.90 Å². The molecular weight excluding hydrogens is 336 g/mol. The maximum absolute atomic E-state index is 12.6. The fraction of sp³-hybridized carbons (Fsp3) is 0.0667. The minimum absolute atomic E-state index is 0.238. The molecule has 1 aliphatic rings. The standard InChI is InChI=1S/C15H10N2O4S2/c1-9-4-2-3-5-11(9)16-14(18)12(23-15(16)22)8-10-6-7-13(21-10)17(19)20/h2-8H,1H3/b12-8-. The average Bonchev–Trinajstić information content (AvgIpc) is 3.07. The molecular formula is C15H10N2O4S2. The maximum Gasteiger partial charge on any atom is 0.433 e. The van der Waals surface area contributed by atoms with Crippen LogP contribution in [0.1, 0.15) is 11.3 Å². The van der Waals surface area contributed by atoms with Crippen LogP contribution in [0.15, 0.2) is 45.7 Å². The molecule has 0 N–H and O–H groups in total. The molecule has 0 atom stereocenters. The minimum atomic E-state index is -0.629. The minimum Gasteiger partial charge on any atom is -0.401 e. The Morgan fingerprint density at radius 3 is 2.70 bits per heavy atom. The van der Waals surface area contributed by atoms with E-state index < -0.39 is 4.92 Å². The summed E-state index contributed by atoms with van der Waals surface area (Å²) in [5.41, 5.74) is 1.66. The Kier molecular flexibility index (Phi) is 4.01. The van der Waals surface area contributed by atoms with Crippen molar-refractivity contribution in [2.24, 2.45) is 0 Å². The van der Waals surface area contributed by atoms with E-state index in [9.17, 15) is 14.9 Å². The van der Waals surface area contributed by atoms with Crippen LogP contribution in [0, 0.1) is 17.0 Å². The van der Waals surface area contributed by atoms with E-state index in [-0.39, 0.29) is 17.6 Å². The van der Waals surface area contributed by atoms with Crippen molar-refractivity contribution in [3.8, 4) is 0 Å². The summed E-state index contributed by atoms with van der Waals surface area (Å²) in [5, 5.41) is 10.6. The van der Waals surface area contributed by atoms with Crippen molar-refractivity contribution < 1.29 is 14.1 Å². The second-order valence-corrected chi connectivity index (χ2v) is 6.41. The molecule has 1 aromatic heterocycles. The molecule has 116 valence electrons. The van der Waals surface area contributed by atoms with Gasteiger partial charge in [0.2, 0.25) is 0 Å². The predicted octanol–water partition coefficient (Wildman–Crippen LogP) is 3.90. The normalized spacial score (nSPS) is 16.4. The number of para-hydroxylation sites is 1. The fourth-order valence-corrected chi connectivity index (χ4v) is 3.40. The summed E-state index contributed by atoms with van der Waals surface area (Å²) in [6, 6.07) is 10.1. The van der Waals surface area contributed by atoms with Gasteiger partial charge < -0.3 is 4.42 Å². The molecule has 0 spiro atoms. The number of amides is 1. The van der Waals surface area contributed by atoms with Gasteiger partial charge in [0.25, 0.3) is 5.91 Å². The van der Waals surface area contributed by atoms with Crippen LogP contribution in [-0.2, 0) is 4.79 Å². The molecule has 23 heavy (non-hydrogen) atoms. The first kappa shape index (κ1) is 15.4. The summed E-state index contributed by atoms with van der Waals surface area (Å²) >= 11 is 6.42. The van der Waals surface area contributed by atoms with Gasteiger partial charge in [0.1, 0.15) is 10.7 Å². The lowest BCUT2D eigenvalue weighted by Crippen LogP contribution is -2.28. The van der Waals surface area contributed by atoms with E-state index in [2.05, 4.69) is 0 Å². The van der Waals surface area contributed by atoms with Crippen molar-refractivity contribution in [3.63, 3.8) is 0 Å². The third-order valence-electron chi connectivity index (χ3n) is 3.22. The molecule has 1 aromatic carbocycles. The summed E-state index contributed by atoms with van der Waals surface area (Å²) < 4.78 is 5.47. The number of benzene rings is 1. The zero-order valence-corrected chi connectivity index (χ0v) is 13.5. The molecule has 0 radical (unpaired) electrons. The first-order valence-electron chi connectivity index (χ1n) is 6.55. The topological polar surface area (TPSA) is 76.6 Å².